The number of benzene rings is 1. The Bertz CT molecular complexity index is 610. The number of rotatable bonds is 3. The highest BCUT2D eigenvalue weighted by Crippen LogP contribution is 2.26. The van der Waals surface area contributed by atoms with Gasteiger partial charge in [-0.15, -0.1) is 0 Å². The van der Waals surface area contributed by atoms with Gasteiger partial charge in [0.05, 0.1) is 5.56 Å². The number of carboxylic acids is 1. The number of nitrogens with one attached hydrogen (secondary N) is 1. The molecule has 7 heteroatoms. The lowest BCUT2D eigenvalue weighted by molar-refractivity contribution is 0.0697. The van der Waals surface area contributed by atoms with Crippen LogP contribution >= 0.6 is 0 Å². The number of anilines is 1. The number of hydrogen-bond donors (Lipinski definition) is 3. The molecule has 0 aliphatic heterocycles. The Morgan fingerprint density at radius 2 is 1.88 bits per heavy atom. The van der Waals surface area contributed by atoms with Gasteiger partial charge in [-0.05, 0) is 12.1 Å². The summed E-state index contributed by atoms with van der Waals surface area (Å²) in [5.41, 5.74) is 0.266. The number of carboxylic acid groups (broad SMARTS) is 1. The zero-order valence-corrected chi connectivity index (χ0v) is 7.80. The van der Waals surface area contributed by atoms with E-state index < -0.39 is 17.1 Å². The lowest BCUT2D eigenvalue weighted by atomic mass is 10.1. The van der Waals surface area contributed by atoms with Gasteiger partial charge in [0, 0.05) is 0 Å². The van der Waals surface area contributed by atoms with Crippen LogP contribution in [0, 0.1) is 0 Å². The van der Waals surface area contributed by atoms with Crippen LogP contribution in [0.4, 0.5) is 5.69 Å². The van der Waals surface area contributed by atoms with E-state index in [1.165, 1.54) is 18.2 Å². The van der Waals surface area contributed by atoms with E-state index in [0.717, 1.165) is 0 Å². The monoisotopic (exact) mass is 222 g/mol. The number of para-hydroxylation sites is 1. The standard InChI is InChI=1S/C9H6N2O5/c12-5-3-1-2-4(9(15)16)6(5)10-11-7(13)8(11)14/h1-3,10,12H,(H,15,16). The van der Waals surface area contributed by atoms with E-state index in [2.05, 4.69) is 5.43 Å². The van der Waals surface area contributed by atoms with Crippen LogP contribution < -0.4 is 16.5 Å². The first-order valence-electron chi connectivity index (χ1n) is 4.22. The molecule has 82 valence electrons. The summed E-state index contributed by atoms with van der Waals surface area (Å²) in [7, 11) is 0. The summed E-state index contributed by atoms with van der Waals surface area (Å²) in [5, 5.41) is 18.2. The molecule has 0 aliphatic carbocycles. The van der Waals surface area contributed by atoms with Crippen molar-refractivity contribution in [3.8, 4) is 5.75 Å². The molecule has 1 heterocycles. The van der Waals surface area contributed by atoms with Crippen molar-refractivity contribution in [2.24, 2.45) is 0 Å². The highest BCUT2D eigenvalue weighted by Gasteiger charge is 2.20. The van der Waals surface area contributed by atoms with Crippen LogP contribution in [-0.2, 0) is 0 Å². The lowest BCUT2D eigenvalue weighted by Gasteiger charge is -2.07. The van der Waals surface area contributed by atoms with Crippen molar-refractivity contribution in [3.05, 3.63) is 44.5 Å². The van der Waals surface area contributed by atoms with E-state index in [1.54, 1.807) is 0 Å². The van der Waals surface area contributed by atoms with Gasteiger partial charge < -0.3 is 10.2 Å². The van der Waals surface area contributed by atoms with Crippen LogP contribution in [0.5, 0.6) is 5.75 Å². The van der Waals surface area contributed by atoms with Crippen LogP contribution in [0.3, 0.4) is 0 Å². The number of hydrogen-bond acceptors (Lipinski definition) is 5. The fourth-order valence-electron chi connectivity index (χ4n) is 1.18. The van der Waals surface area contributed by atoms with E-state index in [1.807, 2.05) is 0 Å². The van der Waals surface area contributed by atoms with Crippen molar-refractivity contribution < 1.29 is 15.0 Å². The summed E-state index contributed by atoms with van der Waals surface area (Å²) in [5.74, 6) is -1.63. The summed E-state index contributed by atoms with van der Waals surface area (Å²) in [6.07, 6.45) is 0. The summed E-state index contributed by atoms with van der Waals surface area (Å²) in [6, 6.07) is 3.83. The Balaban J connectivity index is 2.47. The van der Waals surface area contributed by atoms with E-state index in [-0.39, 0.29) is 17.0 Å². The minimum atomic E-state index is -1.28. The minimum Gasteiger partial charge on any atom is -0.506 e. The summed E-state index contributed by atoms with van der Waals surface area (Å²) in [4.78, 5) is 32.2. The number of aromatic hydroxyl groups is 1. The van der Waals surface area contributed by atoms with E-state index in [4.69, 9.17) is 5.11 Å². The first-order chi connectivity index (χ1) is 7.52. The van der Waals surface area contributed by atoms with Crippen LogP contribution in [0.15, 0.2) is 27.8 Å². The van der Waals surface area contributed by atoms with Crippen molar-refractivity contribution in [1.82, 2.24) is 4.68 Å². The summed E-state index contributed by atoms with van der Waals surface area (Å²) < 4.78 is 0.613. The highest BCUT2D eigenvalue weighted by molar-refractivity contribution is 5.95. The Kier molecular flexibility index (Phi) is 2.01. The van der Waals surface area contributed by atoms with Gasteiger partial charge in [0.2, 0.25) is 0 Å². The number of phenolic OH excluding ortho intramolecular Hbond substituents is 1. The zero-order valence-electron chi connectivity index (χ0n) is 7.80. The predicted molar refractivity (Wildman–Crippen MR) is 53.4 cm³/mol. The maximum absolute atomic E-state index is 10.8. The molecule has 0 saturated heterocycles. The van der Waals surface area contributed by atoms with Gasteiger partial charge in [-0.2, -0.15) is 4.68 Å². The van der Waals surface area contributed by atoms with Crippen molar-refractivity contribution in [2.45, 2.75) is 0 Å². The Morgan fingerprint density at radius 1 is 1.25 bits per heavy atom. The summed E-state index contributed by atoms with van der Waals surface area (Å²) >= 11 is 0. The van der Waals surface area contributed by atoms with Gasteiger partial charge in [0.15, 0.2) is 0 Å². The average molecular weight is 222 g/mol. The number of aromatic nitrogens is 1. The molecule has 0 saturated carbocycles. The maximum Gasteiger partial charge on any atom is 0.340 e. The van der Waals surface area contributed by atoms with Crippen molar-refractivity contribution >= 4 is 11.7 Å². The predicted octanol–water partition coefficient (Wildman–Crippen LogP) is -0.637. The zero-order chi connectivity index (χ0) is 11.9. The number of nitrogens with zero attached hydrogens (tertiary/aromatic N) is 1. The number of carbonyl (C=O) groups is 1. The van der Waals surface area contributed by atoms with Crippen molar-refractivity contribution in [1.29, 1.82) is 0 Å². The molecule has 0 radical (unpaired) electrons. The smallest absolute Gasteiger partial charge is 0.340 e. The molecule has 0 amide bonds. The average Bonchev–Trinajstić information content (AvgIpc) is 2.78. The molecule has 0 fully saturated rings. The second kappa shape index (κ2) is 3.23. The fourth-order valence-corrected chi connectivity index (χ4v) is 1.18. The molecule has 1 aromatic heterocycles. The molecule has 7 nitrogen and oxygen atoms in total. The lowest BCUT2D eigenvalue weighted by Crippen LogP contribution is -2.12. The molecular weight excluding hydrogens is 216 g/mol. The molecule has 0 bridgehead atoms. The fraction of sp³-hybridized carbons (Fsp3) is 0. The van der Waals surface area contributed by atoms with Gasteiger partial charge in [0.1, 0.15) is 11.4 Å². The van der Waals surface area contributed by atoms with Crippen molar-refractivity contribution in [2.75, 3.05) is 5.43 Å². The Labute approximate surface area is 87.8 Å². The molecule has 2 aromatic rings. The van der Waals surface area contributed by atoms with Gasteiger partial charge in [0.25, 0.3) is 0 Å². The molecule has 0 spiro atoms. The van der Waals surface area contributed by atoms with E-state index >= 15 is 0 Å². The topological polar surface area (TPSA) is 109 Å². The molecule has 3 N–H and O–H groups in total. The molecule has 0 aliphatic rings. The molecule has 0 unspecified atom stereocenters. The van der Waals surface area contributed by atoms with Gasteiger partial charge in [-0.1, -0.05) is 6.07 Å². The van der Waals surface area contributed by atoms with Crippen LogP contribution in [0.2, 0.25) is 0 Å². The Morgan fingerprint density at radius 3 is 2.38 bits per heavy atom. The third-order valence-corrected chi connectivity index (χ3v) is 2.04. The normalized spacial score (nSPS) is 10.5. The quantitative estimate of drug-likeness (QED) is 0.471. The van der Waals surface area contributed by atoms with Crippen LogP contribution in [0.25, 0.3) is 0 Å². The first kappa shape index (κ1) is 9.97. The number of aromatic carboxylic acids is 1. The Hall–Kier alpha value is -2.57. The third kappa shape index (κ3) is 1.44. The number of phenols is 1. The van der Waals surface area contributed by atoms with Crippen molar-refractivity contribution in [3.63, 3.8) is 0 Å². The van der Waals surface area contributed by atoms with E-state index in [9.17, 15) is 19.5 Å². The maximum atomic E-state index is 10.8. The highest BCUT2D eigenvalue weighted by atomic mass is 16.4. The summed E-state index contributed by atoms with van der Waals surface area (Å²) in [6.45, 7) is 0. The van der Waals surface area contributed by atoms with Gasteiger partial charge in [-0.3, -0.25) is 15.0 Å². The first-order valence-corrected chi connectivity index (χ1v) is 4.22. The molecular formula is C9H6N2O5. The third-order valence-electron chi connectivity index (χ3n) is 2.04. The molecule has 1 aromatic carbocycles. The second-order valence-corrected chi connectivity index (χ2v) is 3.06. The van der Waals surface area contributed by atoms with Gasteiger partial charge >= 0.3 is 17.1 Å². The minimum absolute atomic E-state index is 0.186. The SMILES string of the molecule is O=C(O)c1cccc(O)c1Nn1c(=O)c1=O. The largest absolute Gasteiger partial charge is 0.506 e. The van der Waals surface area contributed by atoms with E-state index in [0.29, 0.717) is 4.68 Å². The molecule has 16 heavy (non-hydrogen) atoms. The molecule has 0 atom stereocenters. The molecule has 2 rings (SSSR count). The second-order valence-electron chi connectivity index (χ2n) is 3.06. The van der Waals surface area contributed by atoms with Crippen LogP contribution in [0.1, 0.15) is 10.4 Å². The van der Waals surface area contributed by atoms with Gasteiger partial charge in [-0.25, -0.2) is 4.79 Å². The van der Waals surface area contributed by atoms with Crippen LogP contribution in [-0.4, -0.2) is 20.9 Å².